The Labute approximate surface area is 95.2 Å². The second-order valence-electron chi connectivity index (χ2n) is 6.47. The Balaban J connectivity index is 1.71. The number of piperidine rings is 1. The maximum absolute atomic E-state index is 2.72. The Morgan fingerprint density at radius 2 is 1.60 bits per heavy atom. The molecule has 1 aliphatic carbocycles. The molecule has 2 aliphatic rings. The van der Waals surface area contributed by atoms with Crippen LogP contribution in [0.1, 0.15) is 58.8 Å². The highest BCUT2D eigenvalue weighted by atomic mass is 15.1. The van der Waals surface area contributed by atoms with Gasteiger partial charge in [-0.2, -0.15) is 0 Å². The van der Waals surface area contributed by atoms with Crippen molar-refractivity contribution >= 4 is 0 Å². The minimum Gasteiger partial charge on any atom is -0.303 e. The predicted octanol–water partition coefficient (Wildman–Crippen LogP) is 3.69. The molecule has 0 spiro atoms. The van der Waals surface area contributed by atoms with E-state index in [4.69, 9.17) is 0 Å². The molecule has 0 bridgehead atoms. The summed E-state index contributed by atoms with van der Waals surface area (Å²) in [6.45, 7) is 8.94. The van der Waals surface area contributed by atoms with Crippen molar-refractivity contribution in [1.82, 2.24) is 4.90 Å². The molecule has 0 aromatic carbocycles. The predicted molar refractivity (Wildman–Crippen MR) is 66.0 cm³/mol. The molecule has 2 fully saturated rings. The summed E-state index contributed by atoms with van der Waals surface area (Å²) in [6.07, 6.45) is 10.3. The standard InChI is InChI=1S/C14H27N/c1-14(2)8-10-15(11-9-14)12-13-6-4-3-5-7-13/h13H,3-12H2,1-2H3. The van der Waals surface area contributed by atoms with Gasteiger partial charge in [0.1, 0.15) is 0 Å². The molecule has 0 radical (unpaired) electrons. The summed E-state index contributed by atoms with van der Waals surface area (Å²) >= 11 is 0. The first-order chi connectivity index (χ1) is 7.16. The van der Waals surface area contributed by atoms with Crippen LogP contribution in [0.3, 0.4) is 0 Å². The van der Waals surface area contributed by atoms with Gasteiger partial charge in [0.2, 0.25) is 0 Å². The van der Waals surface area contributed by atoms with Gasteiger partial charge in [-0.05, 0) is 50.1 Å². The molecule has 1 nitrogen and oxygen atoms in total. The number of rotatable bonds is 2. The molecule has 1 saturated carbocycles. The van der Waals surface area contributed by atoms with Gasteiger partial charge in [-0.15, -0.1) is 0 Å². The van der Waals surface area contributed by atoms with Crippen LogP contribution in [0.5, 0.6) is 0 Å². The van der Waals surface area contributed by atoms with Crippen LogP contribution in [-0.4, -0.2) is 24.5 Å². The van der Waals surface area contributed by atoms with Crippen LogP contribution in [-0.2, 0) is 0 Å². The lowest BCUT2D eigenvalue weighted by Gasteiger charge is -2.39. The van der Waals surface area contributed by atoms with Crippen LogP contribution < -0.4 is 0 Å². The average molecular weight is 209 g/mol. The molecule has 0 aromatic heterocycles. The van der Waals surface area contributed by atoms with Crippen molar-refractivity contribution in [3.8, 4) is 0 Å². The molecule has 88 valence electrons. The van der Waals surface area contributed by atoms with Crippen LogP contribution in [0.2, 0.25) is 0 Å². The van der Waals surface area contributed by atoms with Crippen molar-refractivity contribution < 1.29 is 0 Å². The third kappa shape index (κ3) is 3.48. The number of nitrogens with zero attached hydrogens (tertiary/aromatic N) is 1. The lowest BCUT2D eigenvalue weighted by molar-refractivity contribution is 0.108. The third-order valence-electron chi connectivity index (χ3n) is 4.45. The Morgan fingerprint density at radius 1 is 1.00 bits per heavy atom. The molecular formula is C14H27N. The lowest BCUT2D eigenvalue weighted by atomic mass is 9.82. The van der Waals surface area contributed by atoms with E-state index in [1.54, 1.807) is 0 Å². The fourth-order valence-corrected chi connectivity index (χ4v) is 3.08. The van der Waals surface area contributed by atoms with Crippen molar-refractivity contribution in [2.45, 2.75) is 58.8 Å². The summed E-state index contributed by atoms with van der Waals surface area (Å²) in [6, 6.07) is 0. The molecule has 0 aromatic rings. The van der Waals surface area contributed by atoms with E-state index >= 15 is 0 Å². The highest BCUT2D eigenvalue weighted by Crippen LogP contribution is 2.31. The zero-order valence-electron chi connectivity index (χ0n) is 10.6. The topological polar surface area (TPSA) is 3.24 Å². The second-order valence-corrected chi connectivity index (χ2v) is 6.47. The van der Waals surface area contributed by atoms with Gasteiger partial charge in [-0.3, -0.25) is 0 Å². The van der Waals surface area contributed by atoms with Crippen molar-refractivity contribution in [1.29, 1.82) is 0 Å². The van der Waals surface area contributed by atoms with E-state index in [1.165, 1.54) is 64.6 Å². The fraction of sp³-hybridized carbons (Fsp3) is 1.00. The largest absolute Gasteiger partial charge is 0.303 e. The van der Waals surface area contributed by atoms with Crippen LogP contribution >= 0.6 is 0 Å². The van der Waals surface area contributed by atoms with Crippen molar-refractivity contribution in [2.24, 2.45) is 11.3 Å². The average Bonchev–Trinajstić information content (AvgIpc) is 2.23. The van der Waals surface area contributed by atoms with Gasteiger partial charge in [-0.1, -0.05) is 33.1 Å². The van der Waals surface area contributed by atoms with Gasteiger partial charge >= 0.3 is 0 Å². The van der Waals surface area contributed by atoms with Gasteiger partial charge in [0.15, 0.2) is 0 Å². The third-order valence-corrected chi connectivity index (χ3v) is 4.45. The van der Waals surface area contributed by atoms with Gasteiger partial charge < -0.3 is 4.90 Å². The zero-order chi connectivity index (χ0) is 10.7. The Bertz CT molecular complexity index is 182. The molecule has 0 amide bonds. The van der Waals surface area contributed by atoms with Crippen LogP contribution in [0.25, 0.3) is 0 Å². The molecule has 15 heavy (non-hydrogen) atoms. The van der Waals surface area contributed by atoms with Crippen LogP contribution in [0.4, 0.5) is 0 Å². The SMILES string of the molecule is CC1(C)CCN(CC2CCCCC2)CC1. The first-order valence-electron chi connectivity index (χ1n) is 6.88. The monoisotopic (exact) mass is 209 g/mol. The molecule has 0 atom stereocenters. The van der Waals surface area contributed by atoms with Crippen LogP contribution in [0.15, 0.2) is 0 Å². The number of hydrogen-bond donors (Lipinski definition) is 0. The zero-order valence-corrected chi connectivity index (χ0v) is 10.6. The quantitative estimate of drug-likeness (QED) is 0.670. The normalized spacial score (nSPS) is 29.2. The van der Waals surface area contributed by atoms with E-state index < -0.39 is 0 Å². The van der Waals surface area contributed by atoms with E-state index in [9.17, 15) is 0 Å². The highest BCUT2D eigenvalue weighted by molar-refractivity contribution is 4.80. The highest BCUT2D eigenvalue weighted by Gasteiger charge is 2.26. The fourth-order valence-electron chi connectivity index (χ4n) is 3.08. The molecular weight excluding hydrogens is 182 g/mol. The Morgan fingerprint density at radius 3 is 2.20 bits per heavy atom. The molecule has 2 rings (SSSR count). The molecule has 1 heteroatoms. The molecule has 1 heterocycles. The second kappa shape index (κ2) is 4.86. The van der Waals surface area contributed by atoms with E-state index in [0.29, 0.717) is 5.41 Å². The summed E-state index contributed by atoms with van der Waals surface area (Å²) < 4.78 is 0. The van der Waals surface area contributed by atoms with Crippen molar-refractivity contribution in [3.05, 3.63) is 0 Å². The maximum Gasteiger partial charge on any atom is 0.000966 e. The molecule has 0 N–H and O–H groups in total. The summed E-state index contributed by atoms with van der Waals surface area (Å²) in [7, 11) is 0. The van der Waals surface area contributed by atoms with E-state index in [-0.39, 0.29) is 0 Å². The van der Waals surface area contributed by atoms with E-state index in [2.05, 4.69) is 18.7 Å². The molecule has 0 unspecified atom stereocenters. The minimum atomic E-state index is 0.614. The number of likely N-dealkylation sites (tertiary alicyclic amines) is 1. The van der Waals surface area contributed by atoms with Crippen LogP contribution in [0, 0.1) is 11.3 Å². The first kappa shape index (κ1) is 11.4. The maximum atomic E-state index is 2.72. The summed E-state index contributed by atoms with van der Waals surface area (Å²) in [4.78, 5) is 2.72. The van der Waals surface area contributed by atoms with Crippen molar-refractivity contribution in [3.63, 3.8) is 0 Å². The first-order valence-corrected chi connectivity index (χ1v) is 6.88. The summed E-state index contributed by atoms with van der Waals surface area (Å²) in [5.74, 6) is 1.03. The van der Waals surface area contributed by atoms with E-state index in [0.717, 1.165) is 5.92 Å². The lowest BCUT2D eigenvalue weighted by Crippen LogP contribution is -2.40. The summed E-state index contributed by atoms with van der Waals surface area (Å²) in [5.41, 5.74) is 0.614. The minimum absolute atomic E-state index is 0.614. The Kier molecular flexibility index (Phi) is 3.71. The van der Waals surface area contributed by atoms with Gasteiger partial charge in [-0.25, -0.2) is 0 Å². The van der Waals surface area contributed by atoms with Gasteiger partial charge in [0, 0.05) is 6.54 Å². The number of hydrogen-bond acceptors (Lipinski definition) is 1. The van der Waals surface area contributed by atoms with Crippen molar-refractivity contribution in [2.75, 3.05) is 19.6 Å². The molecule has 1 saturated heterocycles. The smallest absolute Gasteiger partial charge is 0.000966 e. The Hall–Kier alpha value is -0.0400. The van der Waals surface area contributed by atoms with Gasteiger partial charge in [0.25, 0.3) is 0 Å². The summed E-state index contributed by atoms with van der Waals surface area (Å²) in [5, 5.41) is 0. The van der Waals surface area contributed by atoms with E-state index in [1.807, 2.05) is 0 Å². The molecule has 1 aliphatic heterocycles. The van der Waals surface area contributed by atoms with Gasteiger partial charge in [0.05, 0.1) is 0 Å².